The molecule has 53 heavy (non-hydrogen) atoms. The number of esters is 2. The van der Waals surface area contributed by atoms with Gasteiger partial charge < -0.3 is 9.84 Å². The van der Waals surface area contributed by atoms with Crippen molar-refractivity contribution in [2.24, 2.45) is 0 Å². The number of carbonyl (C=O) groups excluding carboxylic acids is 2. The highest BCUT2D eigenvalue weighted by atomic mass is 16.6. The monoisotopic (exact) mass is 747 g/mol. The number of carbonyl (C=O) groups is 3. The first-order valence-corrected chi connectivity index (χ1v) is 23.2. The Balaban J connectivity index is 0. The molecule has 0 aromatic rings. The van der Waals surface area contributed by atoms with Crippen LogP contribution in [-0.4, -0.2) is 23.0 Å². The number of unbranched alkanes of at least 4 members (excludes halogenated alkanes) is 30. The van der Waals surface area contributed by atoms with Crippen molar-refractivity contribution in [1.29, 1.82) is 0 Å². The molecule has 0 aromatic heterocycles. The lowest BCUT2D eigenvalue weighted by Crippen LogP contribution is -2.11. The summed E-state index contributed by atoms with van der Waals surface area (Å²) in [6.07, 6.45) is 53.7. The van der Waals surface area contributed by atoms with Gasteiger partial charge in [0.15, 0.2) is 0 Å². The molecule has 0 saturated carbocycles. The number of aliphatic carboxylic acids is 1. The van der Waals surface area contributed by atoms with Crippen molar-refractivity contribution < 1.29 is 24.2 Å². The summed E-state index contributed by atoms with van der Waals surface area (Å²) in [6.45, 7) is 6.74. The zero-order chi connectivity index (χ0) is 39.1. The molecule has 0 aliphatic heterocycles. The summed E-state index contributed by atoms with van der Waals surface area (Å²) in [4.78, 5) is 34.0. The molecule has 0 aromatic carbocycles. The van der Waals surface area contributed by atoms with E-state index in [0.29, 0.717) is 19.3 Å². The Hall–Kier alpha value is -1.91. The van der Waals surface area contributed by atoms with E-state index in [-0.39, 0.29) is 11.9 Å². The van der Waals surface area contributed by atoms with Crippen molar-refractivity contribution in [3.8, 4) is 0 Å². The van der Waals surface area contributed by atoms with Crippen LogP contribution >= 0.6 is 0 Å². The van der Waals surface area contributed by atoms with Gasteiger partial charge in [0.2, 0.25) is 0 Å². The van der Waals surface area contributed by atoms with E-state index in [4.69, 9.17) is 9.84 Å². The molecule has 0 radical (unpaired) electrons. The van der Waals surface area contributed by atoms with Crippen molar-refractivity contribution in [2.45, 2.75) is 265 Å². The van der Waals surface area contributed by atoms with E-state index in [1.807, 2.05) is 0 Å². The second-order valence-corrected chi connectivity index (χ2v) is 15.5. The molecule has 0 unspecified atom stereocenters. The Morgan fingerprint density at radius 2 is 0.623 bits per heavy atom. The van der Waals surface area contributed by atoms with Crippen molar-refractivity contribution >= 4 is 17.9 Å². The van der Waals surface area contributed by atoms with E-state index in [9.17, 15) is 14.4 Å². The summed E-state index contributed by atoms with van der Waals surface area (Å²) in [6, 6.07) is 0. The molecule has 5 heteroatoms. The lowest BCUT2D eigenvalue weighted by molar-refractivity contribution is -0.159. The third kappa shape index (κ3) is 52.2. The van der Waals surface area contributed by atoms with Crippen molar-refractivity contribution in [3.05, 3.63) is 24.3 Å². The van der Waals surface area contributed by atoms with Crippen molar-refractivity contribution in [2.75, 3.05) is 0 Å². The van der Waals surface area contributed by atoms with Gasteiger partial charge in [-0.25, -0.2) is 0 Å². The van der Waals surface area contributed by atoms with Gasteiger partial charge in [-0.2, -0.15) is 0 Å². The highest BCUT2D eigenvalue weighted by Crippen LogP contribution is 2.15. The van der Waals surface area contributed by atoms with Gasteiger partial charge in [0.25, 0.3) is 0 Å². The summed E-state index contributed by atoms with van der Waals surface area (Å²) in [5.41, 5.74) is 0. The highest BCUT2D eigenvalue weighted by molar-refractivity contribution is 5.85. The van der Waals surface area contributed by atoms with Crippen LogP contribution in [-0.2, 0) is 19.1 Å². The molecule has 1 N–H and O–H groups in total. The van der Waals surface area contributed by atoms with Crippen molar-refractivity contribution in [1.82, 2.24) is 0 Å². The fourth-order valence-electron chi connectivity index (χ4n) is 6.54. The fourth-order valence-corrected chi connectivity index (χ4v) is 6.54. The van der Waals surface area contributed by atoms with Gasteiger partial charge in [0.1, 0.15) is 0 Å². The van der Waals surface area contributed by atoms with Gasteiger partial charge in [-0.3, -0.25) is 14.4 Å². The zero-order valence-corrected chi connectivity index (χ0v) is 35.8. The van der Waals surface area contributed by atoms with E-state index in [2.05, 4.69) is 45.1 Å². The third-order valence-electron chi connectivity index (χ3n) is 10.0. The maximum atomic E-state index is 11.9. The summed E-state index contributed by atoms with van der Waals surface area (Å²) < 4.78 is 5.00. The summed E-state index contributed by atoms with van der Waals surface area (Å²) >= 11 is 0. The van der Waals surface area contributed by atoms with E-state index >= 15 is 0 Å². The lowest BCUT2D eigenvalue weighted by Gasteiger charge is -2.04. The maximum Gasteiger partial charge on any atom is 0.313 e. The Labute approximate surface area is 330 Å². The van der Waals surface area contributed by atoms with Crippen LogP contribution in [0.1, 0.15) is 265 Å². The highest BCUT2D eigenvalue weighted by Gasteiger charge is 2.10. The molecule has 0 rings (SSSR count). The van der Waals surface area contributed by atoms with E-state index < -0.39 is 5.97 Å². The quantitative estimate of drug-likeness (QED) is 0.0292. The van der Waals surface area contributed by atoms with E-state index in [1.54, 1.807) is 0 Å². The normalized spacial score (nSPS) is 11.3. The lowest BCUT2D eigenvalue weighted by atomic mass is 10.0. The predicted octanol–water partition coefficient (Wildman–Crippen LogP) is 16.1. The molecule has 0 aliphatic rings. The second-order valence-electron chi connectivity index (χ2n) is 15.5. The van der Waals surface area contributed by atoms with Gasteiger partial charge in [-0.15, -0.1) is 0 Å². The topological polar surface area (TPSA) is 80.7 Å². The maximum absolute atomic E-state index is 11.9. The number of rotatable bonds is 40. The van der Waals surface area contributed by atoms with Gasteiger partial charge in [0.05, 0.1) is 0 Å². The Kier molecular flexibility index (Phi) is 48.3. The first kappa shape index (κ1) is 53.2. The number of ether oxygens (including phenoxy) is 1. The van der Waals surface area contributed by atoms with Gasteiger partial charge in [0, 0.05) is 19.3 Å². The molecule has 5 nitrogen and oxygen atoms in total. The van der Waals surface area contributed by atoms with Gasteiger partial charge in [-0.1, -0.05) is 218 Å². The average Bonchev–Trinajstić information content (AvgIpc) is 3.14. The molecule has 0 aliphatic carbocycles. The molecule has 0 atom stereocenters. The van der Waals surface area contributed by atoms with Crippen LogP contribution in [0.2, 0.25) is 0 Å². The number of carboxylic acids is 1. The first-order chi connectivity index (χ1) is 26.0. The van der Waals surface area contributed by atoms with Gasteiger partial charge >= 0.3 is 17.9 Å². The molecule has 0 bridgehead atoms. The van der Waals surface area contributed by atoms with E-state index in [0.717, 1.165) is 57.8 Å². The number of allylic oxidation sites excluding steroid dienone is 4. The standard InChI is InChI=1S/C36H66O3.C12H24O2/c1-3-5-7-9-11-13-15-17-19-21-23-25-27-29-31-33-35(37)39-36(38)34-32-30-28-26-24-22-20-18-16-14-12-10-8-6-4-2;1-2-3-4-5-6-7-8-9-10-11-12(13)14/h11,13,17,19H,3-10,12,14-16,18,20-34H2,1-2H3;2-11H2,1H3,(H,13,14)/b13-11-,19-17-;. The zero-order valence-electron chi connectivity index (χ0n) is 35.8. The SMILES string of the molecule is CCCCC/C=C\C/C=C\CCCCCCCC(=O)OC(=O)CCCCCCCCCCCCCCCCC.CCCCCCCCCCCC(=O)O. The van der Waals surface area contributed by atoms with Crippen LogP contribution in [0.15, 0.2) is 24.3 Å². The van der Waals surface area contributed by atoms with Crippen LogP contribution in [0.3, 0.4) is 0 Å². The molecule has 312 valence electrons. The average molecular weight is 747 g/mol. The van der Waals surface area contributed by atoms with Crippen LogP contribution in [0.5, 0.6) is 0 Å². The van der Waals surface area contributed by atoms with Crippen LogP contribution in [0.4, 0.5) is 0 Å². The molecule has 0 amide bonds. The minimum absolute atomic E-state index is 0.336. The molecule has 0 fully saturated rings. The van der Waals surface area contributed by atoms with Crippen LogP contribution < -0.4 is 0 Å². The second kappa shape index (κ2) is 48.1. The molecule has 0 saturated heterocycles. The van der Waals surface area contributed by atoms with Crippen LogP contribution in [0.25, 0.3) is 0 Å². The number of carboxylic acid groups (broad SMARTS) is 1. The minimum atomic E-state index is -0.659. The largest absolute Gasteiger partial charge is 0.481 e. The molecule has 0 spiro atoms. The number of hydrogen-bond donors (Lipinski definition) is 1. The van der Waals surface area contributed by atoms with Crippen LogP contribution in [0, 0.1) is 0 Å². The number of hydrogen-bond acceptors (Lipinski definition) is 4. The minimum Gasteiger partial charge on any atom is -0.481 e. The fraction of sp³-hybridized carbons (Fsp3) is 0.854. The third-order valence-corrected chi connectivity index (χ3v) is 10.0. The summed E-state index contributed by atoms with van der Waals surface area (Å²) in [5, 5.41) is 8.41. The summed E-state index contributed by atoms with van der Waals surface area (Å²) in [5.74, 6) is -1.34. The smallest absolute Gasteiger partial charge is 0.313 e. The van der Waals surface area contributed by atoms with E-state index in [1.165, 1.54) is 167 Å². The molecular formula is C48H90O5. The Bertz CT molecular complexity index is 817. The molecular weight excluding hydrogens is 657 g/mol. The van der Waals surface area contributed by atoms with Crippen molar-refractivity contribution in [3.63, 3.8) is 0 Å². The Morgan fingerprint density at radius 1 is 0.358 bits per heavy atom. The Morgan fingerprint density at radius 3 is 0.962 bits per heavy atom. The predicted molar refractivity (Wildman–Crippen MR) is 229 cm³/mol. The summed E-state index contributed by atoms with van der Waals surface area (Å²) in [7, 11) is 0. The molecule has 0 heterocycles. The van der Waals surface area contributed by atoms with Gasteiger partial charge in [-0.05, 0) is 51.4 Å². The first-order valence-electron chi connectivity index (χ1n) is 23.2.